The Labute approximate surface area is 152 Å². The second kappa shape index (κ2) is 7.47. The Kier molecular flexibility index (Phi) is 5.29. The van der Waals surface area contributed by atoms with E-state index in [-0.39, 0.29) is 24.2 Å². The third kappa shape index (κ3) is 3.73. The van der Waals surface area contributed by atoms with Crippen LogP contribution in [0.4, 0.5) is 0 Å². The van der Waals surface area contributed by atoms with Crippen LogP contribution in [0.3, 0.4) is 0 Å². The number of guanidine groups is 1. The molecule has 3 rings (SSSR count). The van der Waals surface area contributed by atoms with Crippen molar-refractivity contribution in [2.45, 2.75) is 56.9 Å². The zero-order valence-electron chi connectivity index (χ0n) is 15.1. The van der Waals surface area contributed by atoms with E-state index < -0.39 is 10.5 Å². The number of hydrogen-bond acceptors (Lipinski definition) is 6. The van der Waals surface area contributed by atoms with Gasteiger partial charge in [0, 0.05) is 13.5 Å². The number of nitrogens with zero attached hydrogens (tertiary/aromatic N) is 3. The molecule has 1 amide bonds. The summed E-state index contributed by atoms with van der Waals surface area (Å²) < 4.78 is 5.83. The van der Waals surface area contributed by atoms with Gasteiger partial charge in [-0.2, -0.15) is 0 Å². The molecule has 2 N–H and O–H groups in total. The molecule has 1 aliphatic heterocycles. The Morgan fingerprint density at radius 1 is 1.42 bits per heavy atom. The van der Waals surface area contributed by atoms with E-state index in [4.69, 9.17) is 10.5 Å². The number of hydrogen-bond donors (Lipinski definition) is 1. The summed E-state index contributed by atoms with van der Waals surface area (Å²) in [4.78, 5) is 29.3. The number of rotatable bonds is 6. The number of allylic oxidation sites excluding steroid dienone is 3. The Morgan fingerprint density at radius 3 is 2.77 bits per heavy atom. The van der Waals surface area contributed by atoms with E-state index in [1.807, 2.05) is 6.08 Å². The molecule has 0 aromatic heterocycles. The van der Waals surface area contributed by atoms with Crippen LogP contribution < -0.4 is 5.73 Å². The highest BCUT2D eigenvalue weighted by Gasteiger charge is 2.48. The van der Waals surface area contributed by atoms with Crippen molar-refractivity contribution in [3.8, 4) is 0 Å². The molecule has 1 saturated carbocycles. The first-order valence-electron chi connectivity index (χ1n) is 9.23. The number of amides is 1. The maximum absolute atomic E-state index is 12.9. The zero-order valence-corrected chi connectivity index (χ0v) is 15.1. The number of aliphatic imine (C=N–C) groups is 1. The molecule has 0 aromatic rings. The van der Waals surface area contributed by atoms with Crippen molar-refractivity contribution in [2.24, 2.45) is 16.6 Å². The fraction of sp³-hybridized carbons (Fsp3) is 0.667. The molecule has 142 valence electrons. The number of ether oxygens (including phenoxy) is 1. The maximum Gasteiger partial charge on any atom is 0.260 e. The van der Waals surface area contributed by atoms with Gasteiger partial charge in [0.25, 0.3) is 5.91 Å². The molecule has 8 heteroatoms. The van der Waals surface area contributed by atoms with Gasteiger partial charge < -0.3 is 10.5 Å². The molecule has 0 bridgehead atoms. The van der Waals surface area contributed by atoms with E-state index >= 15 is 0 Å². The third-order valence-electron chi connectivity index (χ3n) is 5.49. The first-order valence-corrected chi connectivity index (χ1v) is 9.23. The first kappa shape index (κ1) is 18.4. The number of nitrogens with two attached hydrogens (primary N) is 1. The maximum atomic E-state index is 12.9. The number of nitro groups is 1. The third-order valence-corrected chi connectivity index (χ3v) is 5.49. The summed E-state index contributed by atoms with van der Waals surface area (Å²) in [6, 6.07) is 0. The molecular formula is C18H26N4O4. The molecule has 26 heavy (non-hydrogen) atoms. The van der Waals surface area contributed by atoms with Crippen molar-refractivity contribution in [3.05, 3.63) is 33.7 Å². The van der Waals surface area contributed by atoms with E-state index in [2.05, 4.69) is 4.99 Å². The van der Waals surface area contributed by atoms with Gasteiger partial charge in [0.05, 0.1) is 11.0 Å². The molecule has 8 nitrogen and oxygen atoms in total. The Bertz CT molecular complexity index is 679. The fourth-order valence-corrected chi connectivity index (χ4v) is 4.02. The molecule has 0 spiro atoms. The molecule has 1 heterocycles. The lowest BCUT2D eigenvalue weighted by Crippen LogP contribution is -2.46. The zero-order chi connectivity index (χ0) is 18.7. The van der Waals surface area contributed by atoms with Gasteiger partial charge in [0.2, 0.25) is 5.70 Å². The lowest BCUT2D eigenvalue weighted by atomic mass is 9.79. The highest BCUT2D eigenvalue weighted by molar-refractivity contribution is 6.06. The summed E-state index contributed by atoms with van der Waals surface area (Å²) in [5, 5.41) is 11.0. The van der Waals surface area contributed by atoms with Crippen LogP contribution in [-0.2, 0) is 9.53 Å². The first-order chi connectivity index (χ1) is 12.4. The summed E-state index contributed by atoms with van der Waals surface area (Å²) in [6.45, 7) is 0.0563. The molecule has 1 fully saturated rings. The monoisotopic (exact) mass is 362 g/mol. The Hall–Kier alpha value is -2.38. The van der Waals surface area contributed by atoms with Gasteiger partial charge in [-0.05, 0) is 24.8 Å². The fourth-order valence-electron chi connectivity index (χ4n) is 4.02. The van der Waals surface area contributed by atoms with E-state index in [0.717, 1.165) is 12.8 Å². The quantitative estimate of drug-likeness (QED) is 0.576. The average molecular weight is 362 g/mol. The van der Waals surface area contributed by atoms with Crippen LogP contribution in [0.1, 0.15) is 51.4 Å². The van der Waals surface area contributed by atoms with E-state index in [1.54, 1.807) is 7.05 Å². The van der Waals surface area contributed by atoms with E-state index in [1.165, 1.54) is 30.2 Å². The van der Waals surface area contributed by atoms with Crippen molar-refractivity contribution >= 4 is 11.9 Å². The van der Waals surface area contributed by atoms with Crippen LogP contribution in [0.15, 0.2) is 28.6 Å². The van der Waals surface area contributed by atoms with Gasteiger partial charge in [-0.3, -0.25) is 19.8 Å². The Balaban J connectivity index is 1.75. The number of carbonyl (C=O) groups excluding carboxylic acids is 1. The molecule has 0 aromatic carbocycles. The van der Waals surface area contributed by atoms with Crippen molar-refractivity contribution in [1.29, 1.82) is 0 Å². The van der Waals surface area contributed by atoms with Crippen LogP contribution in [-0.4, -0.2) is 40.9 Å². The predicted octanol–water partition coefficient (Wildman–Crippen LogP) is 2.34. The van der Waals surface area contributed by atoms with Gasteiger partial charge in [0.15, 0.2) is 11.5 Å². The smallest absolute Gasteiger partial charge is 0.260 e. The molecular weight excluding hydrogens is 336 g/mol. The van der Waals surface area contributed by atoms with Crippen LogP contribution in [0.2, 0.25) is 0 Å². The summed E-state index contributed by atoms with van der Waals surface area (Å²) in [7, 11) is 1.62. The van der Waals surface area contributed by atoms with Gasteiger partial charge in [-0.1, -0.05) is 32.1 Å². The second-order valence-electron chi connectivity index (χ2n) is 7.40. The predicted molar refractivity (Wildman–Crippen MR) is 96.7 cm³/mol. The number of likely N-dealkylation sites (N-methyl/N-ethyl adjacent to an activating group) is 1. The van der Waals surface area contributed by atoms with Gasteiger partial charge in [0.1, 0.15) is 12.4 Å². The van der Waals surface area contributed by atoms with Crippen LogP contribution >= 0.6 is 0 Å². The van der Waals surface area contributed by atoms with Gasteiger partial charge in [-0.15, -0.1) is 0 Å². The second-order valence-corrected chi connectivity index (χ2v) is 7.40. The summed E-state index contributed by atoms with van der Waals surface area (Å²) in [6.07, 6.45) is 10.6. The summed E-state index contributed by atoms with van der Waals surface area (Å²) >= 11 is 0. The minimum Gasteiger partial charge on any atom is -0.491 e. The molecule has 1 unspecified atom stereocenters. The highest BCUT2D eigenvalue weighted by atomic mass is 16.6. The SMILES string of the molecule is CN1C(=O)C(COC2=CCCC([N+](=O)[O-])=C2)(CC2CCCCC2)N=C1N. The van der Waals surface area contributed by atoms with Gasteiger partial charge >= 0.3 is 0 Å². The van der Waals surface area contributed by atoms with Gasteiger partial charge in [-0.25, -0.2) is 4.99 Å². The standard InChI is InChI=1S/C18H26N4O4/c1-21-16(23)18(20-17(21)19,11-13-6-3-2-4-7-13)12-26-15-9-5-8-14(10-15)22(24)25/h9-10,13H,2-8,11-12H2,1H3,(H2,19,20). The summed E-state index contributed by atoms with van der Waals surface area (Å²) in [5.41, 5.74) is 5.00. The number of carbonyl (C=O) groups is 1. The highest BCUT2D eigenvalue weighted by Crippen LogP contribution is 2.36. The summed E-state index contributed by atoms with van der Waals surface area (Å²) in [5.74, 6) is 0.899. The minimum atomic E-state index is -1.03. The lowest BCUT2D eigenvalue weighted by Gasteiger charge is -2.31. The van der Waals surface area contributed by atoms with E-state index in [9.17, 15) is 14.9 Å². The van der Waals surface area contributed by atoms with Crippen LogP contribution in [0.25, 0.3) is 0 Å². The minimum absolute atomic E-state index is 0.0563. The molecule has 3 aliphatic rings. The average Bonchev–Trinajstić information content (AvgIpc) is 2.85. The Morgan fingerprint density at radius 2 is 2.15 bits per heavy atom. The van der Waals surface area contributed by atoms with Crippen molar-refractivity contribution in [3.63, 3.8) is 0 Å². The van der Waals surface area contributed by atoms with Crippen molar-refractivity contribution in [1.82, 2.24) is 4.90 Å². The molecule has 0 radical (unpaired) electrons. The molecule has 0 saturated heterocycles. The van der Waals surface area contributed by atoms with Crippen LogP contribution in [0, 0.1) is 16.0 Å². The van der Waals surface area contributed by atoms with Crippen molar-refractivity contribution < 1.29 is 14.5 Å². The molecule has 1 atom stereocenters. The largest absolute Gasteiger partial charge is 0.491 e. The molecule has 2 aliphatic carbocycles. The lowest BCUT2D eigenvalue weighted by molar-refractivity contribution is -0.428. The topological polar surface area (TPSA) is 111 Å². The van der Waals surface area contributed by atoms with E-state index in [0.29, 0.717) is 30.9 Å². The van der Waals surface area contributed by atoms with Crippen molar-refractivity contribution in [2.75, 3.05) is 13.7 Å². The van der Waals surface area contributed by atoms with Crippen LogP contribution in [0.5, 0.6) is 0 Å². The normalized spacial score (nSPS) is 27.0.